The van der Waals surface area contributed by atoms with Crippen molar-refractivity contribution in [1.82, 2.24) is 30.0 Å². The predicted octanol–water partition coefficient (Wildman–Crippen LogP) is 5.09. The van der Waals surface area contributed by atoms with Gasteiger partial charge in [-0.25, -0.2) is 19.4 Å². The van der Waals surface area contributed by atoms with E-state index < -0.39 is 0 Å². The molecule has 9 heteroatoms. The quantitative estimate of drug-likeness (QED) is 0.369. The van der Waals surface area contributed by atoms with Gasteiger partial charge in [-0.15, -0.1) is 0 Å². The number of piperazine rings is 1. The van der Waals surface area contributed by atoms with Crippen molar-refractivity contribution >= 4 is 34.5 Å². The van der Waals surface area contributed by atoms with E-state index in [0.29, 0.717) is 43.7 Å². The summed E-state index contributed by atoms with van der Waals surface area (Å²) in [5, 5.41) is 9.23. The molecule has 1 saturated heterocycles. The smallest absolute Gasteiger partial charge is 0.317 e. The van der Waals surface area contributed by atoms with E-state index in [9.17, 15) is 4.79 Å². The Labute approximate surface area is 222 Å². The number of hydrogen-bond acceptors (Lipinski definition) is 5. The van der Waals surface area contributed by atoms with Crippen molar-refractivity contribution in [2.24, 2.45) is 5.92 Å². The highest BCUT2D eigenvalue weighted by Crippen LogP contribution is 2.28. The van der Waals surface area contributed by atoms with Crippen molar-refractivity contribution in [3.8, 4) is 5.69 Å². The normalized spacial score (nSPS) is 13.9. The van der Waals surface area contributed by atoms with Crippen molar-refractivity contribution in [2.75, 3.05) is 31.1 Å². The summed E-state index contributed by atoms with van der Waals surface area (Å²) in [7, 11) is 0. The third kappa shape index (κ3) is 5.85. The maximum absolute atomic E-state index is 12.8. The second kappa shape index (κ2) is 11.2. The predicted molar refractivity (Wildman–Crippen MR) is 147 cm³/mol. The number of benzene rings is 2. The Morgan fingerprint density at radius 2 is 1.81 bits per heavy atom. The van der Waals surface area contributed by atoms with E-state index in [4.69, 9.17) is 21.6 Å². The van der Waals surface area contributed by atoms with Gasteiger partial charge in [-0.3, -0.25) is 0 Å². The molecule has 1 N–H and O–H groups in total. The van der Waals surface area contributed by atoms with Gasteiger partial charge in [0, 0.05) is 44.2 Å². The van der Waals surface area contributed by atoms with Gasteiger partial charge in [-0.2, -0.15) is 5.10 Å². The van der Waals surface area contributed by atoms with Crippen LogP contribution in [0, 0.1) is 5.92 Å². The lowest BCUT2D eigenvalue weighted by Crippen LogP contribution is -2.52. The van der Waals surface area contributed by atoms with Crippen LogP contribution in [0.5, 0.6) is 0 Å². The summed E-state index contributed by atoms with van der Waals surface area (Å²) in [6, 6.07) is 17.5. The molecule has 0 saturated carbocycles. The molecule has 192 valence electrons. The summed E-state index contributed by atoms with van der Waals surface area (Å²) in [6.45, 7) is 7.56. The van der Waals surface area contributed by atoms with Crippen LogP contribution in [0.25, 0.3) is 16.7 Å². The maximum Gasteiger partial charge on any atom is 0.317 e. The number of nitrogens with zero attached hydrogens (tertiary/aromatic N) is 6. The van der Waals surface area contributed by atoms with Crippen LogP contribution in [0.15, 0.2) is 60.8 Å². The zero-order chi connectivity index (χ0) is 25.8. The Kier molecular flexibility index (Phi) is 7.55. The third-order valence-corrected chi connectivity index (χ3v) is 6.84. The minimum Gasteiger partial charge on any atom is -0.352 e. The number of amides is 2. The van der Waals surface area contributed by atoms with Crippen LogP contribution in [0.3, 0.4) is 0 Å². The fraction of sp³-hybridized carbons (Fsp3) is 0.357. The molecule has 8 nitrogen and oxygen atoms in total. The molecule has 1 aliphatic rings. The monoisotopic (exact) mass is 517 g/mol. The second-order valence-electron chi connectivity index (χ2n) is 9.79. The van der Waals surface area contributed by atoms with E-state index in [-0.39, 0.29) is 6.03 Å². The number of hydrogen-bond donors (Lipinski definition) is 1. The third-order valence-electron chi connectivity index (χ3n) is 6.61. The molecular formula is C28H32ClN7O. The van der Waals surface area contributed by atoms with E-state index in [1.807, 2.05) is 70.4 Å². The Bertz CT molecular complexity index is 1360. The fourth-order valence-corrected chi connectivity index (χ4v) is 4.70. The van der Waals surface area contributed by atoms with E-state index in [2.05, 4.69) is 29.2 Å². The van der Waals surface area contributed by atoms with E-state index in [1.165, 1.54) is 0 Å². The minimum atomic E-state index is -0.0391. The first kappa shape index (κ1) is 25.0. The van der Waals surface area contributed by atoms with Gasteiger partial charge >= 0.3 is 6.03 Å². The number of rotatable bonds is 7. The molecule has 0 unspecified atom stereocenters. The molecule has 5 rings (SSSR count). The molecule has 1 fully saturated rings. The molecule has 3 heterocycles. The van der Waals surface area contributed by atoms with Gasteiger partial charge in [0.15, 0.2) is 5.65 Å². The Hall–Kier alpha value is -3.65. The fourth-order valence-electron chi connectivity index (χ4n) is 4.51. The van der Waals surface area contributed by atoms with E-state index >= 15 is 0 Å². The molecule has 0 aliphatic carbocycles. The molecule has 0 atom stereocenters. The molecule has 1 aliphatic heterocycles. The average molecular weight is 518 g/mol. The SMILES string of the molecule is CC(C)CCc1nc(N2CCN(C(=O)NCc3ccccc3)CC2)c2cnn(-c3cccc(Cl)c3)c2n1. The molecule has 2 aromatic carbocycles. The number of carbonyl (C=O) groups excluding carboxylic acids is 1. The van der Waals surface area contributed by atoms with Crippen LogP contribution in [0.2, 0.25) is 5.02 Å². The second-order valence-corrected chi connectivity index (χ2v) is 10.2. The summed E-state index contributed by atoms with van der Waals surface area (Å²) in [6.07, 6.45) is 3.63. The van der Waals surface area contributed by atoms with E-state index in [0.717, 1.165) is 46.8 Å². The molecule has 2 amide bonds. The van der Waals surface area contributed by atoms with Crippen LogP contribution in [-0.4, -0.2) is 56.9 Å². The minimum absolute atomic E-state index is 0.0391. The number of fused-ring (bicyclic) bond motifs is 1. The molecule has 0 radical (unpaired) electrons. The Balaban J connectivity index is 1.36. The van der Waals surface area contributed by atoms with Crippen LogP contribution in [0.4, 0.5) is 10.6 Å². The number of nitrogens with one attached hydrogen (secondary N) is 1. The van der Waals surface area contributed by atoms with Crippen LogP contribution in [0.1, 0.15) is 31.7 Å². The highest BCUT2D eigenvalue weighted by Gasteiger charge is 2.25. The first-order valence-corrected chi connectivity index (χ1v) is 13.2. The van der Waals surface area contributed by atoms with Crippen LogP contribution < -0.4 is 10.2 Å². The first-order chi connectivity index (χ1) is 18.0. The van der Waals surface area contributed by atoms with Crippen molar-refractivity contribution < 1.29 is 4.79 Å². The highest BCUT2D eigenvalue weighted by atomic mass is 35.5. The zero-order valence-corrected chi connectivity index (χ0v) is 22.0. The molecular weight excluding hydrogens is 486 g/mol. The van der Waals surface area contributed by atoms with Crippen molar-refractivity contribution in [3.63, 3.8) is 0 Å². The summed E-state index contributed by atoms with van der Waals surface area (Å²) >= 11 is 6.26. The molecule has 0 spiro atoms. The van der Waals surface area contributed by atoms with Gasteiger partial charge in [0.05, 0.1) is 17.3 Å². The van der Waals surface area contributed by atoms with Crippen molar-refractivity contribution in [1.29, 1.82) is 0 Å². The number of aromatic nitrogens is 4. The highest BCUT2D eigenvalue weighted by molar-refractivity contribution is 6.30. The topological polar surface area (TPSA) is 79.2 Å². The largest absolute Gasteiger partial charge is 0.352 e. The summed E-state index contributed by atoms with van der Waals surface area (Å²) in [5.41, 5.74) is 2.72. The van der Waals surface area contributed by atoms with Gasteiger partial charge < -0.3 is 15.1 Å². The lowest BCUT2D eigenvalue weighted by atomic mass is 10.1. The van der Waals surface area contributed by atoms with Gasteiger partial charge in [0.2, 0.25) is 0 Å². The number of anilines is 1. The van der Waals surface area contributed by atoms with Crippen LogP contribution >= 0.6 is 11.6 Å². The lowest BCUT2D eigenvalue weighted by molar-refractivity contribution is 0.194. The number of aryl methyl sites for hydroxylation is 1. The van der Waals surface area contributed by atoms with Gasteiger partial charge in [0.25, 0.3) is 0 Å². The van der Waals surface area contributed by atoms with Crippen LogP contribution in [-0.2, 0) is 13.0 Å². The van der Waals surface area contributed by atoms with E-state index in [1.54, 1.807) is 0 Å². The maximum atomic E-state index is 12.8. The summed E-state index contributed by atoms with van der Waals surface area (Å²) < 4.78 is 1.83. The van der Waals surface area contributed by atoms with Gasteiger partial charge in [-0.1, -0.05) is 61.8 Å². The average Bonchev–Trinajstić information content (AvgIpc) is 3.35. The first-order valence-electron chi connectivity index (χ1n) is 12.8. The number of halogens is 1. The lowest BCUT2D eigenvalue weighted by Gasteiger charge is -2.35. The number of carbonyl (C=O) groups is 1. The molecule has 37 heavy (non-hydrogen) atoms. The van der Waals surface area contributed by atoms with Gasteiger partial charge in [0.1, 0.15) is 11.6 Å². The van der Waals surface area contributed by atoms with Crippen molar-refractivity contribution in [2.45, 2.75) is 33.2 Å². The number of urea groups is 1. The Morgan fingerprint density at radius 1 is 1.03 bits per heavy atom. The molecule has 0 bridgehead atoms. The summed E-state index contributed by atoms with van der Waals surface area (Å²) in [5.74, 6) is 2.24. The summed E-state index contributed by atoms with van der Waals surface area (Å²) in [4.78, 5) is 26.8. The molecule has 4 aromatic rings. The zero-order valence-electron chi connectivity index (χ0n) is 21.3. The van der Waals surface area contributed by atoms with Gasteiger partial charge in [-0.05, 0) is 36.1 Å². The standard InChI is InChI=1S/C28H32ClN7O/c1-20(2)11-12-25-32-26(24-19-31-36(27(24)33-25)23-10-6-9-22(29)17-23)34-13-15-35(16-14-34)28(37)30-18-21-7-4-3-5-8-21/h3-10,17,19-20H,11-16,18H2,1-2H3,(H,30,37). The van der Waals surface area contributed by atoms with Crippen molar-refractivity contribution in [3.05, 3.63) is 77.2 Å². The molecule has 2 aromatic heterocycles. The Morgan fingerprint density at radius 3 is 2.54 bits per heavy atom.